The van der Waals surface area contributed by atoms with Crippen molar-refractivity contribution in [1.82, 2.24) is 4.90 Å². The summed E-state index contributed by atoms with van der Waals surface area (Å²) in [6.07, 6.45) is 3.32. The van der Waals surface area contributed by atoms with E-state index in [-0.39, 0.29) is 5.91 Å². The van der Waals surface area contributed by atoms with Gasteiger partial charge in [0.15, 0.2) is 0 Å². The molecule has 0 aliphatic carbocycles. The Morgan fingerprint density at radius 1 is 1.37 bits per heavy atom. The summed E-state index contributed by atoms with van der Waals surface area (Å²) >= 11 is 9.79. The van der Waals surface area contributed by atoms with Crippen molar-refractivity contribution in [2.75, 3.05) is 20.2 Å². The Bertz CT molecular complexity index is 461. The number of alkyl halides is 1. The number of rotatable bonds is 3. The van der Waals surface area contributed by atoms with Crippen LogP contribution < -0.4 is 4.74 Å². The Kier molecular flexibility index (Phi) is 5.11. The predicted molar refractivity (Wildman–Crippen MR) is 79.7 cm³/mol. The number of halogens is 2. The van der Waals surface area contributed by atoms with Gasteiger partial charge in [0.05, 0.1) is 7.11 Å². The average molecular weight is 347 g/mol. The molecule has 19 heavy (non-hydrogen) atoms. The molecule has 1 fully saturated rings. The van der Waals surface area contributed by atoms with Crippen LogP contribution in [0.15, 0.2) is 22.7 Å². The highest BCUT2D eigenvalue weighted by molar-refractivity contribution is 9.10. The third-order valence-corrected chi connectivity index (χ3v) is 4.50. The highest BCUT2D eigenvalue weighted by Crippen LogP contribution is 2.33. The fraction of sp³-hybridized carbons (Fsp3) is 0.500. The average Bonchev–Trinajstić information content (AvgIpc) is 2.47. The molecule has 1 unspecified atom stereocenters. The zero-order chi connectivity index (χ0) is 13.8. The lowest BCUT2D eigenvalue weighted by Crippen LogP contribution is -2.37. The number of amides is 1. The Morgan fingerprint density at radius 2 is 2.05 bits per heavy atom. The topological polar surface area (TPSA) is 29.5 Å². The lowest BCUT2D eigenvalue weighted by Gasteiger charge is -2.28. The number of benzene rings is 1. The summed E-state index contributed by atoms with van der Waals surface area (Å²) in [6.45, 7) is 1.62. The summed E-state index contributed by atoms with van der Waals surface area (Å²) < 4.78 is 6.01. The van der Waals surface area contributed by atoms with Crippen molar-refractivity contribution in [3.05, 3.63) is 28.2 Å². The molecule has 5 heteroatoms. The third kappa shape index (κ3) is 3.42. The predicted octanol–water partition coefficient (Wildman–Crippen LogP) is 3.75. The molecule has 1 heterocycles. The van der Waals surface area contributed by atoms with Gasteiger partial charge in [-0.15, -0.1) is 11.6 Å². The summed E-state index contributed by atoms with van der Waals surface area (Å²) in [5, 5.41) is -0.664. The molecule has 0 bridgehead atoms. The third-order valence-electron chi connectivity index (χ3n) is 3.36. The van der Waals surface area contributed by atoms with Crippen LogP contribution in [0.1, 0.15) is 30.2 Å². The molecule has 1 aromatic rings. The Morgan fingerprint density at radius 3 is 2.68 bits per heavy atom. The fourth-order valence-electron chi connectivity index (χ4n) is 2.25. The number of hydrogen-bond acceptors (Lipinski definition) is 2. The first-order valence-corrected chi connectivity index (χ1v) is 7.62. The van der Waals surface area contributed by atoms with Gasteiger partial charge < -0.3 is 9.64 Å². The van der Waals surface area contributed by atoms with Gasteiger partial charge in [-0.3, -0.25) is 4.79 Å². The monoisotopic (exact) mass is 345 g/mol. The highest BCUT2D eigenvalue weighted by Gasteiger charge is 2.26. The molecule has 0 N–H and O–H groups in total. The standard InChI is InChI=1S/C14H17BrClNO2/c1-19-10-5-6-12(15)11(9-10)13(16)14(18)17-7-3-2-4-8-17/h5-6,9,13H,2-4,7-8H2,1H3. The second-order valence-corrected chi connectivity index (χ2v) is 5.93. The molecule has 1 saturated heterocycles. The first-order valence-electron chi connectivity index (χ1n) is 6.40. The van der Waals surface area contributed by atoms with E-state index in [1.807, 2.05) is 23.1 Å². The summed E-state index contributed by atoms with van der Waals surface area (Å²) in [4.78, 5) is 14.2. The molecule has 1 atom stereocenters. The van der Waals surface area contributed by atoms with Gasteiger partial charge in [-0.05, 0) is 43.0 Å². The van der Waals surface area contributed by atoms with Gasteiger partial charge in [-0.1, -0.05) is 15.9 Å². The Balaban J connectivity index is 2.17. The van der Waals surface area contributed by atoms with Crippen LogP contribution in [0.4, 0.5) is 0 Å². The van der Waals surface area contributed by atoms with Gasteiger partial charge in [0.2, 0.25) is 5.91 Å². The molecule has 104 valence electrons. The molecule has 1 aliphatic heterocycles. The lowest BCUT2D eigenvalue weighted by atomic mass is 10.1. The van der Waals surface area contributed by atoms with Crippen molar-refractivity contribution >= 4 is 33.4 Å². The summed E-state index contributed by atoms with van der Waals surface area (Å²) in [6, 6.07) is 5.50. The maximum absolute atomic E-state index is 12.4. The van der Waals surface area contributed by atoms with Gasteiger partial charge in [-0.2, -0.15) is 0 Å². The van der Waals surface area contributed by atoms with Crippen molar-refractivity contribution in [2.45, 2.75) is 24.6 Å². The van der Waals surface area contributed by atoms with Gasteiger partial charge in [0, 0.05) is 17.6 Å². The van der Waals surface area contributed by atoms with Crippen LogP contribution in [0, 0.1) is 0 Å². The molecule has 0 radical (unpaired) electrons. The second-order valence-electron chi connectivity index (χ2n) is 4.64. The van der Waals surface area contributed by atoms with Crippen molar-refractivity contribution in [1.29, 1.82) is 0 Å². The molecule has 0 saturated carbocycles. The zero-order valence-corrected chi connectivity index (χ0v) is 13.2. The summed E-state index contributed by atoms with van der Waals surface area (Å²) in [5.74, 6) is 0.686. The maximum Gasteiger partial charge on any atom is 0.245 e. The molecule has 1 aromatic carbocycles. The van der Waals surface area contributed by atoms with Gasteiger partial charge in [0.1, 0.15) is 11.1 Å². The maximum atomic E-state index is 12.4. The summed E-state index contributed by atoms with van der Waals surface area (Å²) in [7, 11) is 1.60. The van der Waals surface area contributed by atoms with Gasteiger partial charge >= 0.3 is 0 Å². The number of carbonyl (C=O) groups excluding carboxylic acids is 1. The molecular weight excluding hydrogens is 330 g/mol. The number of ether oxygens (including phenoxy) is 1. The van der Waals surface area contributed by atoms with E-state index < -0.39 is 5.38 Å². The Labute approximate surface area is 127 Å². The fourth-order valence-corrected chi connectivity index (χ4v) is 3.18. The molecule has 0 aromatic heterocycles. The summed E-state index contributed by atoms with van der Waals surface area (Å²) in [5.41, 5.74) is 0.761. The van der Waals surface area contributed by atoms with Crippen molar-refractivity contribution in [3.63, 3.8) is 0 Å². The molecule has 1 aliphatic rings. The highest BCUT2D eigenvalue weighted by atomic mass is 79.9. The van der Waals surface area contributed by atoms with Gasteiger partial charge in [-0.25, -0.2) is 0 Å². The zero-order valence-electron chi connectivity index (χ0n) is 10.9. The van der Waals surface area contributed by atoms with Crippen LogP contribution in [-0.4, -0.2) is 31.0 Å². The number of piperidine rings is 1. The molecule has 2 rings (SSSR count). The van der Waals surface area contributed by atoms with E-state index in [0.717, 1.165) is 36.0 Å². The number of likely N-dealkylation sites (tertiary alicyclic amines) is 1. The molecular formula is C14H17BrClNO2. The van der Waals surface area contributed by atoms with Crippen LogP contribution in [0.5, 0.6) is 5.75 Å². The van der Waals surface area contributed by atoms with E-state index in [0.29, 0.717) is 5.75 Å². The molecule has 0 spiro atoms. The van der Waals surface area contributed by atoms with Gasteiger partial charge in [0.25, 0.3) is 0 Å². The van der Waals surface area contributed by atoms with E-state index in [1.54, 1.807) is 7.11 Å². The Hall–Kier alpha value is -0.740. The quantitative estimate of drug-likeness (QED) is 0.780. The van der Waals surface area contributed by atoms with Crippen molar-refractivity contribution < 1.29 is 9.53 Å². The second kappa shape index (κ2) is 6.62. The SMILES string of the molecule is COc1ccc(Br)c(C(Cl)C(=O)N2CCCCC2)c1. The van der Waals surface area contributed by atoms with Crippen LogP contribution >= 0.6 is 27.5 Å². The first kappa shape index (κ1) is 14.7. The minimum atomic E-state index is -0.664. The van der Waals surface area contributed by atoms with Crippen molar-refractivity contribution in [3.8, 4) is 5.75 Å². The van der Waals surface area contributed by atoms with Crippen molar-refractivity contribution in [2.24, 2.45) is 0 Å². The number of hydrogen-bond donors (Lipinski definition) is 0. The lowest BCUT2D eigenvalue weighted by molar-refractivity contribution is -0.131. The molecule has 3 nitrogen and oxygen atoms in total. The largest absolute Gasteiger partial charge is 0.497 e. The smallest absolute Gasteiger partial charge is 0.245 e. The normalized spacial score (nSPS) is 17.1. The minimum absolute atomic E-state index is 0.0182. The van der Waals surface area contributed by atoms with E-state index in [1.165, 1.54) is 6.42 Å². The van der Waals surface area contributed by atoms with Crippen LogP contribution in [0.3, 0.4) is 0 Å². The number of nitrogens with zero attached hydrogens (tertiary/aromatic N) is 1. The first-order chi connectivity index (χ1) is 9.13. The number of carbonyl (C=O) groups is 1. The van der Waals surface area contributed by atoms with E-state index in [2.05, 4.69) is 15.9 Å². The molecule has 1 amide bonds. The number of methoxy groups -OCH3 is 1. The van der Waals surface area contributed by atoms with E-state index in [4.69, 9.17) is 16.3 Å². The minimum Gasteiger partial charge on any atom is -0.497 e. The van der Waals surface area contributed by atoms with Crippen LogP contribution in [-0.2, 0) is 4.79 Å². The van der Waals surface area contributed by atoms with E-state index in [9.17, 15) is 4.79 Å². The van der Waals surface area contributed by atoms with Crippen LogP contribution in [0.25, 0.3) is 0 Å². The van der Waals surface area contributed by atoms with E-state index >= 15 is 0 Å². The van der Waals surface area contributed by atoms with Crippen LogP contribution in [0.2, 0.25) is 0 Å².